The van der Waals surface area contributed by atoms with E-state index in [1.54, 1.807) is 35.8 Å². The van der Waals surface area contributed by atoms with Crippen LogP contribution in [-0.2, 0) is 4.74 Å². The van der Waals surface area contributed by atoms with Crippen molar-refractivity contribution < 1.29 is 9.53 Å². The number of nitrogens with zero attached hydrogens (tertiary/aromatic N) is 5. The third-order valence-corrected chi connectivity index (χ3v) is 6.88. The van der Waals surface area contributed by atoms with Crippen molar-refractivity contribution in [2.75, 3.05) is 35.6 Å². The van der Waals surface area contributed by atoms with E-state index in [1.165, 1.54) is 0 Å². The lowest BCUT2D eigenvalue weighted by molar-refractivity contribution is 0.0519. The molecule has 1 aromatic carbocycles. The average Bonchev–Trinajstić information content (AvgIpc) is 3.31. The Morgan fingerprint density at radius 2 is 2.05 bits per heavy atom. The molecule has 1 atom stereocenters. The van der Waals surface area contributed by atoms with E-state index >= 15 is 0 Å². The summed E-state index contributed by atoms with van der Waals surface area (Å²) in [5.74, 6) is 1.47. The summed E-state index contributed by atoms with van der Waals surface area (Å²) in [5.41, 5.74) is 9.21. The van der Waals surface area contributed by atoms with Gasteiger partial charge in [-0.2, -0.15) is 5.10 Å². The molecule has 1 saturated heterocycles. The fourth-order valence-electron chi connectivity index (χ4n) is 4.46. The maximum atomic E-state index is 12.5. The third-order valence-electron chi connectivity index (χ3n) is 6.34. The van der Waals surface area contributed by atoms with Gasteiger partial charge in [0, 0.05) is 35.8 Å². The quantitative estimate of drug-likeness (QED) is 0.319. The number of fused-ring (bicyclic) bond motifs is 1. The summed E-state index contributed by atoms with van der Waals surface area (Å²) in [6, 6.07) is 11.0. The monoisotopic (exact) mass is 539 g/mol. The molecule has 5 rings (SSSR count). The lowest BCUT2D eigenvalue weighted by atomic mass is 10.1. The predicted molar refractivity (Wildman–Crippen MR) is 147 cm³/mol. The number of benzene rings is 1. The molecule has 1 unspecified atom stereocenters. The Morgan fingerprint density at radius 1 is 1.22 bits per heavy atom. The van der Waals surface area contributed by atoms with Gasteiger partial charge in [-0.05, 0) is 56.5 Å². The molecule has 1 aliphatic heterocycles. The number of anilines is 3. The van der Waals surface area contributed by atoms with Crippen LogP contribution in [-0.4, -0.2) is 51.3 Å². The summed E-state index contributed by atoms with van der Waals surface area (Å²) >= 11 is 12.6. The molecule has 0 amide bonds. The molecule has 4 heterocycles. The first-order valence-electron chi connectivity index (χ1n) is 12.1. The van der Waals surface area contributed by atoms with Crippen LogP contribution in [0.4, 0.5) is 17.5 Å². The number of pyridine rings is 1. The number of hydrogen-bond acceptors (Lipinski definition) is 8. The molecule has 11 heteroatoms. The number of hydrogen-bond donors (Lipinski definition) is 2. The maximum Gasteiger partial charge on any atom is 0.358 e. The van der Waals surface area contributed by atoms with Gasteiger partial charge in [-0.15, -0.1) is 0 Å². The van der Waals surface area contributed by atoms with Gasteiger partial charge in [0.05, 0.1) is 23.5 Å². The number of rotatable bonds is 6. The number of ether oxygens (including phenoxy) is 1. The molecule has 0 aliphatic carbocycles. The highest BCUT2D eigenvalue weighted by Gasteiger charge is 2.26. The van der Waals surface area contributed by atoms with Crippen LogP contribution in [0, 0.1) is 6.92 Å². The number of nitrogen functional groups attached to an aromatic ring is 1. The second-order valence-corrected chi connectivity index (χ2v) is 9.83. The second-order valence-electron chi connectivity index (χ2n) is 8.98. The number of nitrogens with one attached hydrogen (secondary N) is 1. The van der Waals surface area contributed by atoms with Crippen molar-refractivity contribution in [3.8, 4) is 11.3 Å². The van der Waals surface area contributed by atoms with Gasteiger partial charge in [-0.1, -0.05) is 29.3 Å². The van der Waals surface area contributed by atoms with Gasteiger partial charge >= 0.3 is 5.97 Å². The summed E-state index contributed by atoms with van der Waals surface area (Å²) in [7, 11) is 0. The van der Waals surface area contributed by atoms with E-state index in [4.69, 9.17) is 38.7 Å². The van der Waals surface area contributed by atoms with Crippen LogP contribution in [0.15, 0.2) is 42.6 Å². The largest absolute Gasteiger partial charge is 0.461 e. The van der Waals surface area contributed by atoms with Gasteiger partial charge in [0.15, 0.2) is 11.5 Å². The Bertz CT molecular complexity index is 1470. The highest BCUT2D eigenvalue weighted by molar-refractivity contribution is 6.36. The first-order chi connectivity index (χ1) is 17.8. The van der Waals surface area contributed by atoms with E-state index in [-0.39, 0.29) is 18.3 Å². The van der Waals surface area contributed by atoms with Crippen LogP contribution in [0.25, 0.3) is 16.8 Å². The zero-order chi connectivity index (χ0) is 26.1. The van der Waals surface area contributed by atoms with Crippen molar-refractivity contribution in [2.45, 2.75) is 32.7 Å². The maximum absolute atomic E-state index is 12.5. The van der Waals surface area contributed by atoms with Crippen molar-refractivity contribution in [2.24, 2.45) is 0 Å². The molecule has 37 heavy (non-hydrogen) atoms. The number of halogens is 2. The van der Waals surface area contributed by atoms with Crippen LogP contribution in [0.1, 0.15) is 35.8 Å². The second kappa shape index (κ2) is 10.4. The number of aryl methyl sites for hydroxylation is 1. The van der Waals surface area contributed by atoms with Crippen molar-refractivity contribution in [3.05, 3.63) is 63.9 Å². The van der Waals surface area contributed by atoms with E-state index in [9.17, 15) is 4.79 Å². The summed E-state index contributed by atoms with van der Waals surface area (Å²) in [5, 5.41) is 9.01. The van der Waals surface area contributed by atoms with E-state index in [0.29, 0.717) is 45.0 Å². The number of carbonyl (C=O) groups is 1. The molecule has 4 aromatic rings. The zero-order valence-electron chi connectivity index (χ0n) is 20.5. The summed E-state index contributed by atoms with van der Waals surface area (Å²) in [6.07, 6.45) is 3.67. The van der Waals surface area contributed by atoms with Crippen LogP contribution in [0.5, 0.6) is 0 Å². The molecular weight excluding hydrogens is 513 g/mol. The van der Waals surface area contributed by atoms with E-state index in [0.717, 1.165) is 30.8 Å². The lowest BCUT2D eigenvalue weighted by Gasteiger charge is -2.34. The van der Waals surface area contributed by atoms with Gasteiger partial charge < -0.3 is 20.7 Å². The number of carbonyl (C=O) groups excluding carboxylic acids is 1. The molecule has 0 spiro atoms. The molecule has 1 fully saturated rings. The van der Waals surface area contributed by atoms with Crippen LogP contribution in [0.3, 0.4) is 0 Å². The van der Waals surface area contributed by atoms with Gasteiger partial charge in [-0.25, -0.2) is 19.3 Å². The minimum atomic E-state index is -0.482. The molecule has 9 nitrogen and oxygen atoms in total. The number of aromatic nitrogens is 4. The molecule has 0 radical (unpaired) electrons. The van der Waals surface area contributed by atoms with Gasteiger partial charge in [-0.3, -0.25) is 0 Å². The molecule has 192 valence electrons. The van der Waals surface area contributed by atoms with Gasteiger partial charge in [0.25, 0.3) is 0 Å². The van der Waals surface area contributed by atoms with Crippen molar-refractivity contribution in [1.82, 2.24) is 19.6 Å². The van der Waals surface area contributed by atoms with Gasteiger partial charge in [0.2, 0.25) is 0 Å². The Morgan fingerprint density at radius 3 is 2.81 bits per heavy atom. The van der Waals surface area contributed by atoms with Gasteiger partial charge in [0.1, 0.15) is 17.2 Å². The third kappa shape index (κ3) is 5.28. The normalized spacial score (nSPS) is 15.7. The molecule has 1 aliphatic rings. The highest BCUT2D eigenvalue weighted by Crippen LogP contribution is 2.33. The smallest absolute Gasteiger partial charge is 0.358 e. The fourth-order valence-corrected chi connectivity index (χ4v) is 4.97. The summed E-state index contributed by atoms with van der Waals surface area (Å²) in [4.78, 5) is 24.1. The number of nitrogens with two attached hydrogens (primary N) is 1. The van der Waals surface area contributed by atoms with E-state index in [2.05, 4.69) is 20.3 Å². The van der Waals surface area contributed by atoms with Crippen LogP contribution >= 0.6 is 23.2 Å². The number of piperidine rings is 1. The standard InChI is InChI=1S/C26H27Cl2N7O2/c1-3-37-26(36)20-12-22-25(31-21(14-35(22)33-20)18-8-7-16(27)11-19(18)28)34-10-4-5-17(13-34)30-23-9-6-15(2)24(29)32-23/h6-9,11-12,14,17H,3-5,10,13H2,1-2H3,(H3,29,30,32). The van der Waals surface area contributed by atoms with Crippen LogP contribution < -0.4 is 16.0 Å². The topological polar surface area (TPSA) is 111 Å². The van der Waals surface area contributed by atoms with E-state index < -0.39 is 5.97 Å². The highest BCUT2D eigenvalue weighted by atomic mass is 35.5. The SMILES string of the molecule is CCOC(=O)c1cc2c(N3CCCC(Nc4ccc(C)c(N)n4)C3)nc(-c3ccc(Cl)cc3Cl)cn2n1. The lowest BCUT2D eigenvalue weighted by Crippen LogP contribution is -2.43. The number of esters is 1. The molecule has 0 bridgehead atoms. The minimum absolute atomic E-state index is 0.125. The Kier molecular flexibility index (Phi) is 7.08. The first-order valence-corrected chi connectivity index (χ1v) is 12.9. The van der Waals surface area contributed by atoms with Crippen molar-refractivity contribution in [3.63, 3.8) is 0 Å². The Hall–Kier alpha value is -3.56. The zero-order valence-corrected chi connectivity index (χ0v) is 22.1. The van der Waals surface area contributed by atoms with Crippen LogP contribution in [0.2, 0.25) is 10.0 Å². The Balaban J connectivity index is 1.53. The minimum Gasteiger partial charge on any atom is -0.461 e. The summed E-state index contributed by atoms with van der Waals surface area (Å²) in [6.45, 7) is 5.43. The predicted octanol–water partition coefficient (Wildman–Crippen LogP) is 5.25. The van der Waals surface area contributed by atoms with Crippen molar-refractivity contribution >= 4 is 52.1 Å². The molecule has 0 saturated carbocycles. The molecule has 3 aromatic heterocycles. The van der Waals surface area contributed by atoms with E-state index in [1.807, 2.05) is 25.1 Å². The molecular formula is C26H27Cl2N7O2. The fraction of sp³-hybridized carbons (Fsp3) is 0.308. The van der Waals surface area contributed by atoms with Crippen molar-refractivity contribution in [1.29, 1.82) is 0 Å². The summed E-state index contributed by atoms with van der Waals surface area (Å²) < 4.78 is 6.84. The average molecular weight is 540 g/mol. The first kappa shape index (κ1) is 25.1. The molecule has 3 N–H and O–H groups in total. The Labute approximate surface area is 224 Å².